The number of amides is 1. The molecule has 2 fully saturated rings. The minimum atomic E-state index is -0.0476. The fraction of sp³-hybridized carbons (Fsp3) is 0.536. The van der Waals surface area contributed by atoms with E-state index in [1.54, 1.807) is 6.20 Å². The van der Waals surface area contributed by atoms with Crippen LogP contribution in [0, 0.1) is 5.92 Å². The van der Waals surface area contributed by atoms with Gasteiger partial charge in [0.2, 0.25) is 0 Å². The first-order chi connectivity index (χ1) is 17.1. The lowest BCUT2D eigenvalue weighted by Crippen LogP contribution is -2.38. The third-order valence-corrected chi connectivity index (χ3v) is 7.80. The molecule has 1 saturated carbocycles. The van der Waals surface area contributed by atoms with Gasteiger partial charge in [0.1, 0.15) is 0 Å². The Bertz CT molecular complexity index is 1140. The van der Waals surface area contributed by atoms with Gasteiger partial charge in [-0.05, 0) is 44.6 Å². The van der Waals surface area contributed by atoms with E-state index in [0.29, 0.717) is 17.5 Å². The SMILES string of the molecule is CCn1ncc2c(NC(C)C3CCCCC3)c(C(=O)N[C@@H]3CCN(Cc4ccccc4)C3)cnc21. The fourth-order valence-electron chi connectivity index (χ4n) is 5.76. The standard InChI is InChI=1S/C28H38N6O/c1-3-34-27-24(17-30-34)26(31-20(2)22-12-8-5-9-13-22)25(16-29-27)28(35)32-23-14-15-33(19-23)18-21-10-6-4-7-11-21/h4,6-7,10-11,16-17,20,22-23H,3,5,8-9,12-15,18-19H2,1-2H3,(H,29,31)(H,32,35)/t20?,23-/m1/s1. The number of hydrogen-bond donors (Lipinski definition) is 2. The summed E-state index contributed by atoms with van der Waals surface area (Å²) in [5, 5.41) is 12.5. The summed E-state index contributed by atoms with van der Waals surface area (Å²) in [5.74, 6) is 0.582. The molecular weight excluding hydrogens is 436 g/mol. The molecular formula is C28H38N6O. The van der Waals surface area contributed by atoms with Crippen LogP contribution in [-0.4, -0.2) is 50.7 Å². The number of hydrogen-bond acceptors (Lipinski definition) is 5. The third-order valence-electron chi connectivity index (χ3n) is 7.80. The number of aromatic nitrogens is 3. The van der Waals surface area contributed by atoms with E-state index in [1.807, 2.05) is 16.9 Å². The zero-order valence-electron chi connectivity index (χ0n) is 21.0. The first-order valence-corrected chi connectivity index (χ1v) is 13.3. The van der Waals surface area contributed by atoms with Crippen molar-refractivity contribution in [1.29, 1.82) is 0 Å². The van der Waals surface area contributed by atoms with Crippen molar-refractivity contribution in [3.8, 4) is 0 Å². The predicted octanol–water partition coefficient (Wildman–Crippen LogP) is 4.84. The fourth-order valence-corrected chi connectivity index (χ4v) is 5.76. The van der Waals surface area contributed by atoms with Crippen LogP contribution in [0.3, 0.4) is 0 Å². The quantitative estimate of drug-likeness (QED) is 0.489. The number of carbonyl (C=O) groups is 1. The number of aryl methyl sites for hydroxylation is 1. The third kappa shape index (κ3) is 5.35. The minimum Gasteiger partial charge on any atom is -0.381 e. The van der Waals surface area contributed by atoms with Gasteiger partial charge in [0.25, 0.3) is 5.91 Å². The predicted molar refractivity (Wildman–Crippen MR) is 140 cm³/mol. The molecule has 7 heteroatoms. The summed E-state index contributed by atoms with van der Waals surface area (Å²) in [6.45, 7) is 7.84. The van der Waals surface area contributed by atoms with Gasteiger partial charge in [-0.25, -0.2) is 9.67 Å². The first-order valence-electron chi connectivity index (χ1n) is 13.3. The van der Waals surface area contributed by atoms with Crippen molar-refractivity contribution in [2.45, 2.75) is 77.5 Å². The van der Waals surface area contributed by atoms with Crippen LogP contribution in [0.15, 0.2) is 42.7 Å². The summed E-state index contributed by atoms with van der Waals surface area (Å²) in [5.41, 5.74) is 3.64. The second-order valence-electron chi connectivity index (χ2n) is 10.3. The average Bonchev–Trinajstić information content (AvgIpc) is 3.51. The molecule has 3 heterocycles. The smallest absolute Gasteiger partial charge is 0.255 e. The van der Waals surface area contributed by atoms with Crippen molar-refractivity contribution >= 4 is 22.6 Å². The Hall–Kier alpha value is -2.93. The molecule has 186 valence electrons. The summed E-state index contributed by atoms with van der Waals surface area (Å²) in [4.78, 5) is 20.6. The summed E-state index contributed by atoms with van der Waals surface area (Å²) in [7, 11) is 0. The van der Waals surface area contributed by atoms with Gasteiger partial charge in [-0.1, -0.05) is 49.6 Å². The average molecular weight is 475 g/mol. The maximum absolute atomic E-state index is 13.5. The number of benzene rings is 1. The molecule has 2 aliphatic rings. The number of likely N-dealkylation sites (tertiary alicyclic amines) is 1. The van der Waals surface area contributed by atoms with Crippen molar-refractivity contribution in [2.24, 2.45) is 5.92 Å². The highest BCUT2D eigenvalue weighted by Crippen LogP contribution is 2.32. The maximum atomic E-state index is 13.5. The highest BCUT2D eigenvalue weighted by molar-refractivity contribution is 6.06. The van der Waals surface area contributed by atoms with Crippen LogP contribution in [-0.2, 0) is 13.1 Å². The Kier molecular flexibility index (Phi) is 7.32. The Morgan fingerprint density at radius 2 is 1.91 bits per heavy atom. The second-order valence-corrected chi connectivity index (χ2v) is 10.3. The molecule has 3 aromatic rings. The largest absolute Gasteiger partial charge is 0.381 e. The van der Waals surface area contributed by atoms with Gasteiger partial charge in [-0.2, -0.15) is 5.10 Å². The molecule has 1 unspecified atom stereocenters. The van der Waals surface area contributed by atoms with Gasteiger partial charge in [-0.15, -0.1) is 0 Å². The highest BCUT2D eigenvalue weighted by atomic mass is 16.1. The molecule has 1 amide bonds. The molecule has 2 aromatic heterocycles. The van der Waals surface area contributed by atoms with E-state index in [9.17, 15) is 4.79 Å². The number of rotatable bonds is 8. The molecule has 7 nitrogen and oxygen atoms in total. The molecule has 1 aliphatic heterocycles. The van der Waals surface area contributed by atoms with Crippen LogP contribution < -0.4 is 10.6 Å². The summed E-state index contributed by atoms with van der Waals surface area (Å²) < 4.78 is 1.89. The van der Waals surface area contributed by atoms with Crippen LogP contribution in [0.5, 0.6) is 0 Å². The van der Waals surface area contributed by atoms with Crippen LogP contribution >= 0.6 is 0 Å². The molecule has 1 aromatic carbocycles. The minimum absolute atomic E-state index is 0.0476. The van der Waals surface area contributed by atoms with E-state index in [1.165, 1.54) is 37.7 Å². The van der Waals surface area contributed by atoms with Crippen LogP contribution in [0.2, 0.25) is 0 Å². The van der Waals surface area contributed by atoms with E-state index in [0.717, 1.165) is 49.3 Å². The van der Waals surface area contributed by atoms with Crippen molar-refractivity contribution < 1.29 is 4.79 Å². The zero-order valence-corrected chi connectivity index (χ0v) is 21.0. The van der Waals surface area contributed by atoms with Crippen molar-refractivity contribution in [2.75, 3.05) is 18.4 Å². The molecule has 2 N–H and O–H groups in total. The second kappa shape index (κ2) is 10.8. The highest BCUT2D eigenvalue weighted by Gasteiger charge is 2.28. The number of fused-ring (bicyclic) bond motifs is 1. The van der Waals surface area contributed by atoms with E-state index >= 15 is 0 Å². The van der Waals surface area contributed by atoms with E-state index < -0.39 is 0 Å². The molecule has 0 radical (unpaired) electrons. The Labute approximate surface area is 208 Å². The molecule has 35 heavy (non-hydrogen) atoms. The van der Waals surface area contributed by atoms with Gasteiger partial charge in [-0.3, -0.25) is 9.69 Å². The molecule has 0 bridgehead atoms. The first kappa shape index (κ1) is 23.8. The van der Waals surface area contributed by atoms with Crippen molar-refractivity contribution in [3.05, 3.63) is 53.9 Å². The van der Waals surface area contributed by atoms with E-state index in [-0.39, 0.29) is 11.9 Å². The molecule has 2 atom stereocenters. The lowest BCUT2D eigenvalue weighted by Gasteiger charge is -2.30. The molecule has 0 spiro atoms. The monoisotopic (exact) mass is 474 g/mol. The summed E-state index contributed by atoms with van der Waals surface area (Å²) in [6.07, 6.45) is 11.0. The van der Waals surface area contributed by atoms with Crippen LogP contribution in [0.25, 0.3) is 11.0 Å². The van der Waals surface area contributed by atoms with Gasteiger partial charge in [0.15, 0.2) is 5.65 Å². The Morgan fingerprint density at radius 3 is 2.69 bits per heavy atom. The van der Waals surface area contributed by atoms with Gasteiger partial charge >= 0.3 is 0 Å². The number of pyridine rings is 1. The molecule has 1 aliphatic carbocycles. The summed E-state index contributed by atoms with van der Waals surface area (Å²) in [6, 6.07) is 11.0. The maximum Gasteiger partial charge on any atom is 0.255 e. The van der Waals surface area contributed by atoms with Crippen LogP contribution in [0.1, 0.15) is 68.3 Å². The van der Waals surface area contributed by atoms with Crippen LogP contribution in [0.4, 0.5) is 5.69 Å². The van der Waals surface area contributed by atoms with E-state index in [2.05, 4.69) is 63.7 Å². The Balaban J connectivity index is 1.33. The van der Waals surface area contributed by atoms with Gasteiger partial charge in [0.05, 0.1) is 22.8 Å². The lowest BCUT2D eigenvalue weighted by atomic mass is 9.84. The number of nitrogens with one attached hydrogen (secondary N) is 2. The molecule has 5 rings (SSSR count). The number of carbonyl (C=O) groups excluding carboxylic acids is 1. The van der Waals surface area contributed by atoms with Gasteiger partial charge < -0.3 is 10.6 Å². The summed E-state index contributed by atoms with van der Waals surface area (Å²) >= 11 is 0. The molecule has 1 saturated heterocycles. The lowest BCUT2D eigenvalue weighted by molar-refractivity contribution is 0.0938. The zero-order chi connectivity index (χ0) is 24.2. The van der Waals surface area contributed by atoms with Gasteiger partial charge in [0, 0.05) is 44.5 Å². The van der Waals surface area contributed by atoms with Crippen molar-refractivity contribution in [1.82, 2.24) is 25.0 Å². The normalized spacial score (nSPS) is 20.2. The van der Waals surface area contributed by atoms with Crippen molar-refractivity contribution in [3.63, 3.8) is 0 Å². The number of anilines is 1. The number of nitrogens with zero attached hydrogens (tertiary/aromatic N) is 4. The van der Waals surface area contributed by atoms with E-state index in [4.69, 9.17) is 0 Å². The topological polar surface area (TPSA) is 75.1 Å². The Morgan fingerprint density at radius 1 is 1.11 bits per heavy atom.